The van der Waals surface area contributed by atoms with Gasteiger partial charge in [0.15, 0.2) is 5.76 Å². The maximum atomic E-state index is 5.93. The van der Waals surface area contributed by atoms with Crippen molar-refractivity contribution in [1.82, 2.24) is 30.4 Å². The number of fused-ring (bicyclic) bond motifs is 2. The Balaban J connectivity index is 0.000000117. The minimum Gasteiger partial charge on any atom is -0.459 e. The number of aryl methyl sites for hydroxylation is 4. The third kappa shape index (κ3) is 7.97. The quantitative estimate of drug-likeness (QED) is 0.166. The molecule has 11 rings (SSSR count). The zero-order valence-electron chi connectivity index (χ0n) is 30.2. The molecular weight excluding hydrogens is 752 g/mol. The third-order valence-corrected chi connectivity index (χ3v) is 11.1. The van der Waals surface area contributed by atoms with Crippen LogP contribution in [0.1, 0.15) is 39.6 Å². The van der Waals surface area contributed by atoms with Crippen LogP contribution in [0.4, 0.5) is 0 Å². The van der Waals surface area contributed by atoms with E-state index < -0.39 is 0 Å². The van der Waals surface area contributed by atoms with E-state index in [-0.39, 0.29) is 0 Å². The highest BCUT2D eigenvalue weighted by atomic mass is 35.5. The van der Waals surface area contributed by atoms with Gasteiger partial charge in [-0.15, -0.1) is 22.7 Å². The summed E-state index contributed by atoms with van der Waals surface area (Å²) in [6.45, 7) is 8.25. The highest BCUT2D eigenvalue weighted by molar-refractivity contribution is 7.15. The van der Waals surface area contributed by atoms with Gasteiger partial charge in [-0.25, -0.2) is 0 Å². The molecule has 3 aromatic carbocycles. The summed E-state index contributed by atoms with van der Waals surface area (Å²) < 4.78 is 21.1. The number of nitrogens with zero attached hydrogens (tertiary/aromatic N) is 6. The lowest BCUT2D eigenvalue weighted by Gasteiger charge is -2.04. The molecule has 0 saturated heterocycles. The monoisotopic (exact) mass is 784 g/mol. The van der Waals surface area contributed by atoms with Gasteiger partial charge in [0.1, 0.15) is 0 Å². The van der Waals surface area contributed by atoms with E-state index in [0.29, 0.717) is 45.9 Å². The van der Waals surface area contributed by atoms with Crippen molar-refractivity contribution in [3.8, 4) is 67.4 Å². The number of hydrogen-bond acceptors (Lipinski definition) is 12. The number of furan rings is 1. The molecule has 0 aliphatic carbocycles. The van der Waals surface area contributed by atoms with Crippen LogP contribution in [-0.4, -0.2) is 30.4 Å². The fourth-order valence-corrected chi connectivity index (χ4v) is 7.88. The third-order valence-electron chi connectivity index (χ3n) is 8.89. The summed E-state index contributed by atoms with van der Waals surface area (Å²) in [5.41, 5.74) is 8.96. The average Bonchev–Trinajstić information content (AvgIpc) is 4.02. The molecule has 6 aromatic heterocycles. The summed E-state index contributed by atoms with van der Waals surface area (Å²) in [4.78, 5) is 16.6. The zero-order valence-corrected chi connectivity index (χ0v) is 32.6. The smallest absolute Gasteiger partial charge is 0.293 e. The summed E-state index contributed by atoms with van der Waals surface area (Å²) in [6, 6.07) is 30.0. The van der Waals surface area contributed by atoms with E-state index in [1.807, 2.05) is 48.7 Å². The Hall–Kier alpha value is -5.95. The lowest BCUT2D eigenvalue weighted by atomic mass is 10.0. The van der Waals surface area contributed by atoms with Crippen molar-refractivity contribution < 1.29 is 18.0 Å². The number of benzene rings is 3. The second-order valence-corrected chi connectivity index (χ2v) is 15.3. The van der Waals surface area contributed by atoms with E-state index >= 15 is 0 Å². The number of rotatable bonds is 5. The van der Waals surface area contributed by atoms with E-state index in [1.165, 1.54) is 21.6 Å². The first kappa shape index (κ1) is 36.0. The van der Waals surface area contributed by atoms with Crippen molar-refractivity contribution in [3.05, 3.63) is 140 Å². The Labute approximate surface area is 329 Å². The molecule has 8 heterocycles. The number of halogens is 1. The van der Waals surface area contributed by atoms with Crippen LogP contribution in [0.25, 0.3) is 67.4 Å². The Morgan fingerprint density at radius 2 is 1.27 bits per heavy atom. The minimum atomic E-state index is 0.402. The molecule has 0 unspecified atom stereocenters. The highest BCUT2D eigenvalue weighted by Crippen LogP contribution is 2.33. The Kier molecular flexibility index (Phi) is 10.4. The maximum absolute atomic E-state index is 5.93. The van der Waals surface area contributed by atoms with Gasteiger partial charge >= 0.3 is 0 Å². The first-order chi connectivity index (χ1) is 26.8. The summed E-state index contributed by atoms with van der Waals surface area (Å²) >= 11 is 9.22. The lowest BCUT2D eigenvalue weighted by molar-refractivity contribution is 0.417. The van der Waals surface area contributed by atoms with E-state index in [9.17, 15) is 0 Å². The summed E-state index contributed by atoms with van der Waals surface area (Å²) in [5.74, 6) is 4.00. The van der Waals surface area contributed by atoms with E-state index in [1.54, 1.807) is 41.1 Å². The molecule has 0 fully saturated rings. The predicted molar refractivity (Wildman–Crippen MR) is 215 cm³/mol. The molecule has 0 amide bonds. The van der Waals surface area contributed by atoms with Crippen molar-refractivity contribution in [2.45, 2.75) is 40.5 Å². The molecule has 274 valence electrons. The average molecular weight is 785 g/mol. The summed E-state index contributed by atoms with van der Waals surface area (Å²) in [6.07, 6.45) is 3.57. The number of aromatic nitrogens is 6. The Morgan fingerprint density at radius 3 is 1.89 bits per heavy atom. The second-order valence-electron chi connectivity index (χ2n) is 12.8. The van der Waals surface area contributed by atoms with Crippen molar-refractivity contribution in [1.29, 1.82) is 0 Å². The molecule has 6 bridgehead atoms. The maximum Gasteiger partial charge on any atom is 0.293 e. The zero-order chi connectivity index (χ0) is 37.9. The van der Waals surface area contributed by atoms with E-state index in [0.717, 1.165) is 50.4 Å². The van der Waals surface area contributed by atoms with Crippen molar-refractivity contribution >= 4 is 34.3 Å². The molecule has 0 N–H and O–H groups in total. The second kappa shape index (κ2) is 15.8. The minimum absolute atomic E-state index is 0.402. The molecule has 2 aliphatic heterocycles. The molecule has 9 aromatic rings. The van der Waals surface area contributed by atoms with E-state index in [4.69, 9.17) is 29.6 Å². The molecule has 0 atom stereocenters. The summed E-state index contributed by atoms with van der Waals surface area (Å²) in [7, 11) is 0. The van der Waals surface area contributed by atoms with Gasteiger partial charge in [-0.3, -0.25) is 0 Å². The highest BCUT2D eigenvalue weighted by Gasteiger charge is 2.18. The van der Waals surface area contributed by atoms with Crippen LogP contribution < -0.4 is 0 Å². The molecule has 55 heavy (non-hydrogen) atoms. The van der Waals surface area contributed by atoms with Crippen molar-refractivity contribution in [3.63, 3.8) is 0 Å². The normalized spacial score (nSPS) is 11.4. The SMILES string of the molecule is CCc1ccc(-c2noc(-c3ccco3)n2)c(C)c1.Cc1cc(Cl)ccc1-c1noc(-c2cccs2)n1.Cc1cc2ccc1-c1noc(n1)-c1ccc(s1)C2. The van der Waals surface area contributed by atoms with Crippen molar-refractivity contribution in [2.24, 2.45) is 0 Å². The topological polar surface area (TPSA) is 130 Å². The molecule has 0 saturated carbocycles. The van der Waals surface area contributed by atoms with Gasteiger partial charge < -0.3 is 18.0 Å². The predicted octanol–water partition coefficient (Wildman–Crippen LogP) is 12.0. The molecule has 0 spiro atoms. The Bertz CT molecular complexity index is 2690. The first-order valence-corrected chi connectivity index (χ1v) is 19.5. The van der Waals surface area contributed by atoms with Gasteiger partial charge in [0, 0.05) is 33.0 Å². The summed E-state index contributed by atoms with van der Waals surface area (Å²) in [5, 5.41) is 14.8. The van der Waals surface area contributed by atoms with Gasteiger partial charge in [0.05, 0.1) is 16.0 Å². The van der Waals surface area contributed by atoms with Crippen LogP contribution in [0.5, 0.6) is 0 Å². The van der Waals surface area contributed by atoms with Gasteiger partial charge in [0.2, 0.25) is 17.5 Å². The van der Waals surface area contributed by atoms with Crippen LogP contribution in [0.2, 0.25) is 5.02 Å². The lowest BCUT2D eigenvalue weighted by Crippen LogP contribution is -1.90. The fraction of sp³-hybridized carbons (Fsp3) is 0.143. The van der Waals surface area contributed by atoms with Crippen LogP contribution in [0, 0.1) is 20.8 Å². The largest absolute Gasteiger partial charge is 0.459 e. The van der Waals surface area contributed by atoms with Gasteiger partial charge in [0.25, 0.3) is 17.7 Å². The fourth-order valence-electron chi connectivity index (χ4n) is 6.05. The van der Waals surface area contributed by atoms with Crippen LogP contribution in [0.15, 0.2) is 121 Å². The van der Waals surface area contributed by atoms with Gasteiger partial charge in [-0.1, -0.05) is 76.5 Å². The Morgan fingerprint density at radius 1 is 0.636 bits per heavy atom. The molecule has 10 nitrogen and oxygen atoms in total. The molecular formula is C42H33ClN6O4S2. The standard InChI is InChI=1S/C15H14N2O2.C14H10N2OS.C13H9ClN2OS/c1-3-11-6-7-12(10(2)9-11)14-16-15(19-17-14)13-5-4-8-18-13;1-8-6-9-2-4-11(8)13-15-14(17-16-13)12-5-3-10(7-9)18-12;1-8-7-9(14)4-5-10(8)12-15-13(17-16-12)11-3-2-6-18-11/h4-9H,3H2,1-2H3;2-6H,7H2,1H3;2-7H,1H3. The van der Waals surface area contributed by atoms with Gasteiger partial charge in [-0.05, 0) is 109 Å². The van der Waals surface area contributed by atoms with Crippen molar-refractivity contribution in [2.75, 3.05) is 0 Å². The van der Waals surface area contributed by atoms with Crippen LogP contribution in [0.3, 0.4) is 0 Å². The van der Waals surface area contributed by atoms with Crippen LogP contribution in [-0.2, 0) is 12.8 Å². The number of thiophene rings is 2. The molecule has 13 heteroatoms. The first-order valence-electron chi connectivity index (χ1n) is 17.5. The van der Waals surface area contributed by atoms with Crippen LogP contribution >= 0.6 is 34.3 Å². The van der Waals surface area contributed by atoms with Gasteiger partial charge in [-0.2, -0.15) is 15.0 Å². The molecule has 0 radical (unpaired) electrons. The molecule has 2 aliphatic rings. The van der Waals surface area contributed by atoms with E-state index in [2.05, 4.69) is 93.7 Å². The number of hydrogen-bond donors (Lipinski definition) is 0.